The maximum Gasteiger partial charge on any atom is 0.325 e. The highest BCUT2D eigenvalue weighted by Crippen LogP contribution is 2.18. The first-order valence-corrected chi connectivity index (χ1v) is 10.4. The van der Waals surface area contributed by atoms with E-state index in [9.17, 15) is 19.8 Å². The lowest BCUT2D eigenvalue weighted by atomic mass is 9.91. The number of unbranched alkanes of at least 4 members (excludes halogenated alkanes) is 3. The molecule has 0 aromatic carbocycles. The third-order valence-corrected chi connectivity index (χ3v) is 4.80. The van der Waals surface area contributed by atoms with Gasteiger partial charge in [0.05, 0.1) is 6.61 Å². The fourth-order valence-corrected chi connectivity index (χ4v) is 2.64. The predicted octanol–water partition coefficient (Wildman–Crippen LogP) is 1.38. The number of hydroxylamine groups is 1. The molecule has 0 aliphatic rings. The number of Topliss-reactive ketones (excluding diaryl/α,β-unsaturated/α-hetero) is 1. The minimum absolute atomic E-state index is 0.226. The van der Waals surface area contributed by atoms with Crippen molar-refractivity contribution in [3.05, 3.63) is 0 Å². The summed E-state index contributed by atoms with van der Waals surface area (Å²) in [6.07, 6.45) is 3.06. The van der Waals surface area contributed by atoms with Crippen LogP contribution in [-0.4, -0.2) is 64.2 Å². The molecule has 0 radical (unpaired) electrons. The molecule has 0 heterocycles. The van der Waals surface area contributed by atoms with Crippen LogP contribution < -0.4 is 11.2 Å². The number of thiol groups is 1. The fraction of sp³-hybridized carbons (Fsp3) is 0.889. The molecule has 0 aromatic heterocycles. The standard InChI is InChI=1S/C18H37N3O5S/c1-4-6-8-10-26-21(20-11-14(19)12-27)16(18(24)25)13(3)17(23)15(22)9-7-5-2/h13-14,16-17,20,23,27H,4-12,19H2,1-3H3,(H,24,25)/t13-,14?,16+,17?/m0/s1. The van der Waals surface area contributed by atoms with Crippen LogP contribution in [0.25, 0.3) is 0 Å². The molecular weight excluding hydrogens is 370 g/mol. The number of aliphatic hydroxyl groups excluding tert-OH is 1. The topological polar surface area (TPSA) is 125 Å². The molecule has 4 atom stereocenters. The fourth-order valence-electron chi connectivity index (χ4n) is 2.51. The summed E-state index contributed by atoms with van der Waals surface area (Å²) < 4.78 is 0. The summed E-state index contributed by atoms with van der Waals surface area (Å²) in [4.78, 5) is 29.7. The molecule has 0 fully saturated rings. The molecule has 160 valence electrons. The number of carboxylic acid groups (broad SMARTS) is 1. The molecule has 9 heteroatoms. The van der Waals surface area contributed by atoms with Crippen molar-refractivity contribution in [3.8, 4) is 0 Å². The van der Waals surface area contributed by atoms with Crippen molar-refractivity contribution in [1.29, 1.82) is 0 Å². The van der Waals surface area contributed by atoms with Crippen LogP contribution in [0.5, 0.6) is 0 Å². The molecule has 0 saturated heterocycles. The Labute approximate surface area is 168 Å². The molecule has 27 heavy (non-hydrogen) atoms. The van der Waals surface area contributed by atoms with Gasteiger partial charge in [-0.15, -0.1) is 5.17 Å². The van der Waals surface area contributed by atoms with Crippen molar-refractivity contribution in [2.45, 2.75) is 77.5 Å². The third-order valence-electron chi connectivity index (χ3n) is 4.33. The quantitative estimate of drug-likeness (QED) is 0.139. The van der Waals surface area contributed by atoms with Gasteiger partial charge in [0.15, 0.2) is 11.8 Å². The first-order valence-electron chi connectivity index (χ1n) is 9.75. The molecule has 8 nitrogen and oxygen atoms in total. The third kappa shape index (κ3) is 10.4. The van der Waals surface area contributed by atoms with E-state index in [0.717, 1.165) is 30.9 Å². The SMILES string of the molecule is CCCCCON(NCC(N)CS)[C@@H](C(=O)O)[C@H](C)C(O)C(=O)CCCC. The zero-order valence-corrected chi connectivity index (χ0v) is 17.7. The molecule has 0 saturated carbocycles. The lowest BCUT2D eigenvalue weighted by Crippen LogP contribution is -2.57. The average molecular weight is 408 g/mol. The number of nitrogens with one attached hydrogen (secondary N) is 1. The molecule has 5 N–H and O–H groups in total. The molecule has 0 aliphatic carbocycles. The Kier molecular flexibility index (Phi) is 14.8. The van der Waals surface area contributed by atoms with E-state index in [1.807, 2.05) is 6.92 Å². The summed E-state index contributed by atoms with van der Waals surface area (Å²) in [5, 5.41) is 21.2. The molecule has 0 aromatic rings. The summed E-state index contributed by atoms with van der Waals surface area (Å²) in [5.41, 5.74) is 8.72. The lowest BCUT2D eigenvalue weighted by molar-refractivity contribution is -0.240. The van der Waals surface area contributed by atoms with E-state index < -0.39 is 24.0 Å². The normalized spacial score (nSPS) is 16.1. The van der Waals surface area contributed by atoms with Crippen molar-refractivity contribution in [3.63, 3.8) is 0 Å². The van der Waals surface area contributed by atoms with E-state index in [-0.39, 0.29) is 24.8 Å². The van der Waals surface area contributed by atoms with E-state index in [4.69, 9.17) is 10.6 Å². The number of carbonyl (C=O) groups is 2. The van der Waals surface area contributed by atoms with Crippen molar-refractivity contribution in [2.75, 3.05) is 18.9 Å². The van der Waals surface area contributed by atoms with Gasteiger partial charge in [0.25, 0.3) is 0 Å². The zero-order chi connectivity index (χ0) is 20.8. The summed E-state index contributed by atoms with van der Waals surface area (Å²) >= 11 is 4.12. The van der Waals surface area contributed by atoms with Gasteiger partial charge in [-0.25, -0.2) is 5.43 Å². The van der Waals surface area contributed by atoms with Gasteiger partial charge in [-0.3, -0.25) is 14.4 Å². The van der Waals surface area contributed by atoms with E-state index >= 15 is 0 Å². The first kappa shape index (κ1) is 26.3. The Hall–Kier alpha value is -0.710. The molecule has 2 unspecified atom stereocenters. The number of hydrazine groups is 1. The van der Waals surface area contributed by atoms with Gasteiger partial charge < -0.3 is 15.9 Å². The number of hydrogen-bond acceptors (Lipinski definition) is 8. The van der Waals surface area contributed by atoms with Crippen LogP contribution >= 0.6 is 12.6 Å². The average Bonchev–Trinajstić information content (AvgIpc) is 2.65. The number of aliphatic hydroxyl groups is 1. The van der Waals surface area contributed by atoms with Crippen LogP contribution in [-0.2, 0) is 14.4 Å². The molecule has 0 aliphatic heterocycles. The molecular formula is C18H37N3O5S. The van der Waals surface area contributed by atoms with Crippen molar-refractivity contribution >= 4 is 24.4 Å². The van der Waals surface area contributed by atoms with Gasteiger partial charge in [-0.05, 0) is 12.8 Å². The Morgan fingerprint density at radius 2 is 1.85 bits per heavy atom. The number of hydrogen-bond donors (Lipinski definition) is 5. The number of carboxylic acids is 1. The molecule has 0 amide bonds. The van der Waals surface area contributed by atoms with Crippen LogP contribution in [0.1, 0.15) is 59.3 Å². The van der Waals surface area contributed by atoms with Gasteiger partial charge in [0, 0.05) is 30.7 Å². The Balaban J connectivity index is 5.19. The van der Waals surface area contributed by atoms with Crippen LogP contribution in [0.3, 0.4) is 0 Å². The van der Waals surface area contributed by atoms with Crippen LogP contribution in [0.4, 0.5) is 0 Å². The largest absolute Gasteiger partial charge is 0.480 e. The van der Waals surface area contributed by atoms with E-state index in [2.05, 4.69) is 25.0 Å². The van der Waals surface area contributed by atoms with E-state index in [0.29, 0.717) is 18.8 Å². The number of nitrogens with zero attached hydrogens (tertiary/aromatic N) is 1. The summed E-state index contributed by atoms with van der Waals surface area (Å²) in [7, 11) is 0. The highest BCUT2D eigenvalue weighted by Gasteiger charge is 2.38. The maximum absolute atomic E-state index is 12.2. The molecule has 0 rings (SSSR count). The maximum atomic E-state index is 12.2. The second-order valence-electron chi connectivity index (χ2n) is 6.83. The van der Waals surface area contributed by atoms with Crippen molar-refractivity contribution < 1.29 is 24.6 Å². The van der Waals surface area contributed by atoms with Gasteiger partial charge in [0.1, 0.15) is 6.10 Å². The van der Waals surface area contributed by atoms with E-state index in [1.165, 1.54) is 6.92 Å². The zero-order valence-electron chi connectivity index (χ0n) is 16.8. The smallest absolute Gasteiger partial charge is 0.325 e. The molecule has 0 spiro atoms. The minimum Gasteiger partial charge on any atom is -0.480 e. The summed E-state index contributed by atoms with van der Waals surface area (Å²) in [5.74, 6) is -1.99. The number of nitrogens with two attached hydrogens (primary N) is 1. The number of aliphatic carboxylic acids is 1. The Morgan fingerprint density at radius 1 is 1.22 bits per heavy atom. The Bertz CT molecular complexity index is 428. The highest BCUT2D eigenvalue weighted by molar-refractivity contribution is 7.80. The number of carbonyl (C=O) groups excluding carboxylic acids is 1. The summed E-state index contributed by atoms with van der Waals surface area (Å²) in [6, 6.07) is -1.53. The predicted molar refractivity (Wildman–Crippen MR) is 108 cm³/mol. The minimum atomic E-state index is -1.38. The highest BCUT2D eigenvalue weighted by atomic mass is 32.1. The van der Waals surface area contributed by atoms with Crippen molar-refractivity contribution in [1.82, 2.24) is 10.6 Å². The second-order valence-corrected chi connectivity index (χ2v) is 7.19. The monoisotopic (exact) mass is 407 g/mol. The van der Waals surface area contributed by atoms with Gasteiger partial charge >= 0.3 is 5.97 Å². The van der Waals surface area contributed by atoms with Gasteiger partial charge in [-0.2, -0.15) is 12.6 Å². The van der Waals surface area contributed by atoms with Crippen LogP contribution in [0.15, 0.2) is 0 Å². The van der Waals surface area contributed by atoms with Gasteiger partial charge in [-0.1, -0.05) is 40.0 Å². The van der Waals surface area contributed by atoms with Gasteiger partial charge in [0.2, 0.25) is 0 Å². The van der Waals surface area contributed by atoms with Crippen LogP contribution in [0, 0.1) is 5.92 Å². The first-order chi connectivity index (χ1) is 12.8. The van der Waals surface area contributed by atoms with Crippen molar-refractivity contribution in [2.24, 2.45) is 11.7 Å². The number of rotatable bonds is 17. The Morgan fingerprint density at radius 3 is 2.37 bits per heavy atom. The second kappa shape index (κ2) is 15.2. The van der Waals surface area contributed by atoms with Crippen LogP contribution in [0.2, 0.25) is 0 Å². The molecule has 0 bridgehead atoms. The lowest BCUT2D eigenvalue weighted by Gasteiger charge is -2.34. The van der Waals surface area contributed by atoms with E-state index in [1.54, 1.807) is 0 Å². The number of ketones is 1. The summed E-state index contributed by atoms with van der Waals surface area (Å²) in [6.45, 7) is 6.13.